The second kappa shape index (κ2) is 5.23. The van der Waals surface area contributed by atoms with Crippen LogP contribution in [0.2, 0.25) is 5.02 Å². The van der Waals surface area contributed by atoms with Crippen molar-refractivity contribution in [3.05, 3.63) is 41.0 Å². The van der Waals surface area contributed by atoms with Gasteiger partial charge in [-0.2, -0.15) is 5.10 Å². The number of nitrogens with two attached hydrogens (primary N) is 1. The number of fused-ring (bicyclic) bond motifs is 2. The number of aromatic nitrogens is 2. The Hall–Kier alpha value is -2.09. The molecule has 0 unspecified atom stereocenters. The third kappa shape index (κ3) is 2.20. The molecule has 2 saturated heterocycles. The maximum absolute atomic E-state index is 12.7. The minimum absolute atomic E-state index is 0.245. The normalized spacial score (nSPS) is 26.0. The molecule has 0 saturated carbocycles. The van der Waals surface area contributed by atoms with E-state index in [4.69, 9.17) is 22.1 Å². The van der Waals surface area contributed by atoms with Gasteiger partial charge in [-0.1, -0.05) is 17.7 Å². The Bertz CT molecular complexity index is 778. The number of amides is 1. The monoisotopic (exact) mass is 334 g/mol. The van der Waals surface area contributed by atoms with Crippen molar-refractivity contribution in [2.24, 2.45) is 0 Å². The van der Waals surface area contributed by atoms with Crippen molar-refractivity contribution < 1.29 is 14.6 Å². The highest BCUT2D eigenvalue weighted by atomic mass is 35.5. The van der Waals surface area contributed by atoms with Crippen LogP contribution in [0, 0.1) is 0 Å². The van der Waals surface area contributed by atoms with Crippen LogP contribution in [0.1, 0.15) is 10.4 Å². The molecule has 8 heteroatoms. The number of carbonyl (C=O) groups excluding carboxylic acids is 1. The number of benzene rings is 1. The van der Waals surface area contributed by atoms with Gasteiger partial charge in [-0.05, 0) is 18.2 Å². The molecule has 0 spiro atoms. The molecular weight excluding hydrogens is 320 g/mol. The third-order valence-corrected chi connectivity index (χ3v) is 4.62. The van der Waals surface area contributed by atoms with Crippen LogP contribution in [0.4, 0.5) is 5.82 Å². The lowest BCUT2D eigenvalue weighted by molar-refractivity contribution is 0.0212. The number of morpholine rings is 1. The van der Waals surface area contributed by atoms with Gasteiger partial charge >= 0.3 is 0 Å². The van der Waals surface area contributed by atoms with Crippen LogP contribution < -0.4 is 5.73 Å². The number of hydrogen-bond donors (Lipinski definition) is 2. The molecule has 2 aliphatic rings. The van der Waals surface area contributed by atoms with Gasteiger partial charge in [0.1, 0.15) is 23.6 Å². The number of nitrogen functional groups attached to an aromatic ring is 1. The lowest BCUT2D eigenvalue weighted by atomic mass is 10.2. The first kappa shape index (κ1) is 14.5. The summed E-state index contributed by atoms with van der Waals surface area (Å²) in [5, 5.41) is 14.7. The first-order valence-electron chi connectivity index (χ1n) is 7.26. The van der Waals surface area contributed by atoms with Crippen LogP contribution in [0.15, 0.2) is 30.5 Å². The standard InChI is InChI=1S/C15H15ClN4O3/c16-8-2-1-3-9(4-8)20-14(17)10(5-18-20)15(22)19-6-12-13(21)11(19)7-23-12/h1-5,11-13,21H,6-7,17H2/t11-,12-,13+/m1/s1. The van der Waals surface area contributed by atoms with E-state index in [1.54, 1.807) is 29.2 Å². The summed E-state index contributed by atoms with van der Waals surface area (Å²) in [5.74, 6) is 0.000997. The predicted molar refractivity (Wildman–Crippen MR) is 83.6 cm³/mol. The molecule has 2 aliphatic heterocycles. The molecule has 1 amide bonds. The van der Waals surface area contributed by atoms with Crippen molar-refractivity contribution >= 4 is 23.3 Å². The van der Waals surface area contributed by atoms with E-state index in [2.05, 4.69) is 5.10 Å². The van der Waals surface area contributed by atoms with E-state index in [0.29, 0.717) is 29.4 Å². The fraction of sp³-hybridized carbons (Fsp3) is 0.333. The minimum Gasteiger partial charge on any atom is -0.388 e. The maximum atomic E-state index is 12.7. The molecule has 1 aromatic heterocycles. The van der Waals surface area contributed by atoms with Gasteiger partial charge in [0.05, 0.1) is 31.1 Å². The lowest BCUT2D eigenvalue weighted by Crippen LogP contribution is -2.42. The third-order valence-electron chi connectivity index (χ3n) is 4.38. The van der Waals surface area contributed by atoms with Gasteiger partial charge in [-0.15, -0.1) is 0 Å². The maximum Gasteiger partial charge on any atom is 0.259 e. The quantitative estimate of drug-likeness (QED) is 0.843. The molecule has 1 aromatic carbocycles. The number of rotatable bonds is 2. The highest BCUT2D eigenvalue weighted by molar-refractivity contribution is 6.30. The molecular formula is C15H15ClN4O3. The van der Waals surface area contributed by atoms with E-state index in [0.717, 1.165) is 0 Å². The predicted octanol–water partition coefficient (Wildman–Crippen LogP) is 0.692. The molecule has 3 heterocycles. The average molecular weight is 335 g/mol. The van der Waals surface area contributed by atoms with Gasteiger partial charge < -0.3 is 20.5 Å². The van der Waals surface area contributed by atoms with Crippen LogP contribution in [-0.2, 0) is 4.74 Å². The topological polar surface area (TPSA) is 93.6 Å². The van der Waals surface area contributed by atoms with E-state index < -0.39 is 6.10 Å². The van der Waals surface area contributed by atoms with Gasteiger partial charge in [0.15, 0.2) is 0 Å². The summed E-state index contributed by atoms with van der Waals surface area (Å²) < 4.78 is 6.86. The zero-order valence-corrected chi connectivity index (χ0v) is 12.8. The van der Waals surface area contributed by atoms with Gasteiger partial charge in [-0.3, -0.25) is 4.79 Å². The zero-order chi connectivity index (χ0) is 16.1. The number of hydrogen-bond acceptors (Lipinski definition) is 5. The summed E-state index contributed by atoms with van der Waals surface area (Å²) in [5.41, 5.74) is 7.09. The fourth-order valence-corrected chi connectivity index (χ4v) is 3.34. The summed E-state index contributed by atoms with van der Waals surface area (Å²) in [6.45, 7) is 0.715. The lowest BCUT2D eigenvalue weighted by Gasteiger charge is -2.26. The fourth-order valence-electron chi connectivity index (χ4n) is 3.16. The van der Waals surface area contributed by atoms with E-state index in [9.17, 15) is 9.90 Å². The minimum atomic E-state index is -0.636. The second-order valence-corrected chi connectivity index (χ2v) is 6.16. The Balaban J connectivity index is 1.65. The molecule has 2 bridgehead atoms. The van der Waals surface area contributed by atoms with E-state index >= 15 is 0 Å². The Morgan fingerprint density at radius 3 is 2.96 bits per heavy atom. The van der Waals surface area contributed by atoms with Gasteiger partial charge in [0.25, 0.3) is 5.91 Å². The highest BCUT2D eigenvalue weighted by Crippen LogP contribution is 2.31. The van der Waals surface area contributed by atoms with Gasteiger partial charge in [0.2, 0.25) is 0 Å². The number of carbonyl (C=O) groups is 1. The van der Waals surface area contributed by atoms with Crippen LogP contribution in [0.3, 0.4) is 0 Å². The Labute approximate surface area is 137 Å². The first-order chi connectivity index (χ1) is 11.1. The van der Waals surface area contributed by atoms with Crippen molar-refractivity contribution in [3.8, 4) is 5.69 Å². The zero-order valence-electron chi connectivity index (χ0n) is 12.1. The van der Waals surface area contributed by atoms with Crippen molar-refractivity contribution in [3.63, 3.8) is 0 Å². The van der Waals surface area contributed by atoms with Crippen LogP contribution >= 0.6 is 11.6 Å². The molecule has 3 atom stereocenters. The van der Waals surface area contributed by atoms with Crippen LogP contribution in [0.25, 0.3) is 5.69 Å². The number of anilines is 1. The summed E-state index contributed by atoms with van der Waals surface area (Å²) in [4.78, 5) is 14.3. The number of aliphatic hydroxyl groups excluding tert-OH is 1. The summed E-state index contributed by atoms with van der Waals surface area (Å²) in [6.07, 6.45) is 0.494. The Morgan fingerprint density at radius 2 is 2.30 bits per heavy atom. The molecule has 4 rings (SSSR count). The molecule has 23 heavy (non-hydrogen) atoms. The van der Waals surface area contributed by atoms with E-state index in [1.807, 2.05) is 0 Å². The highest BCUT2D eigenvalue weighted by Gasteiger charge is 2.49. The van der Waals surface area contributed by atoms with Crippen molar-refractivity contribution in [1.82, 2.24) is 14.7 Å². The number of aliphatic hydroxyl groups is 1. The van der Waals surface area contributed by atoms with Crippen LogP contribution in [0.5, 0.6) is 0 Å². The van der Waals surface area contributed by atoms with Crippen molar-refractivity contribution in [2.75, 3.05) is 18.9 Å². The second-order valence-electron chi connectivity index (χ2n) is 5.72. The molecule has 0 radical (unpaired) electrons. The Morgan fingerprint density at radius 1 is 1.48 bits per heavy atom. The Kier molecular flexibility index (Phi) is 3.29. The molecule has 2 fully saturated rings. The molecule has 0 aliphatic carbocycles. The summed E-state index contributed by atoms with van der Waals surface area (Å²) in [6, 6.07) is 6.74. The largest absolute Gasteiger partial charge is 0.388 e. The number of likely N-dealkylation sites (tertiary alicyclic amines) is 1. The van der Waals surface area contributed by atoms with E-state index in [1.165, 1.54) is 10.9 Å². The molecule has 3 N–H and O–H groups in total. The van der Waals surface area contributed by atoms with Crippen LogP contribution in [-0.4, -0.2) is 57.1 Å². The first-order valence-corrected chi connectivity index (χ1v) is 7.64. The van der Waals surface area contributed by atoms with Gasteiger partial charge in [-0.25, -0.2) is 4.68 Å². The molecule has 7 nitrogen and oxygen atoms in total. The van der Waals surface area contributed by atoms with E-state index in [-0.39, 0.29) is 23.9 Å². The van der Waals surface area contributed by atoms with Crippen molar-refractivity contribution in [2.45, 2.75) is 18.2 Å². The average Bonchev–Trinajstić information content (AvgIpc) is 3.19. The number of nitrogens with zero attached hydrogens (tertiary/aromatic N) is 3. The number of halogens is 1. The molecule has 2 aromatic rings. The van der Waals surface area contributed by atoms with Crippen molar-refractivity contribution in [1.29, 1.82) is 0 Å². The summed E-state index contributed by atoms with van der Waals surface area (Å²) >= 11 is 5.98. The SMILES string of the molecule is Nc1c(C(=O)N2C[C@H]3OC[C@@H]2[C@@H]3O)cnn1-c1cccc(Cl)c1. The van der Waals surface area contributed by atoms with Gasteiger partial charge in [0, 0.05) is 5.02 Å². The number of ether oxygens (including phenoxy) is 1. The smallest absolute Gasteiger partial charge is 0.259 e. The molecule has 120 valence electrons. The summed E-state index contributed by atoms with van der Waals surface area (Å²) in [7, 11) is 0.